The molecule has 2 atom stereocenters. The minimum atomic E-state index is -2.92. The highest BCUT2D eigenvalue weighted by Gasteiger charge is 2.19. The number of rotatable bonds is 14. The molecule has 5 nitrogen and oxygen atoms in total. The molecule has 0 spiro atoms. The topological polar surface area (TPSA) is 75.7 Å². The van der Waals surface area contributed by atoms with Crippen LogP contribution in [0.2, 0.25) is 0 Å². The second-order valence-corrected chi connectivity index (χ2v) is 11.8. The lowest BCUT2D eigenvalue weighted by molar-refractivity contribution is 0.174. The van der Waals surface area contributed by atoms with E-state index in [-0.39, 0.29) is 16.8 Å². The van der Waals surface area contributed by atoms with Gasteiger partial charge in [-0.2, -0.15) is 0 Å². The SMILES string of the molecule is C=CCS(=O)(=O)CC=C.CCCCCCCC[S+]([O-])C(C)Cc1ccc2c(c1)OCO2. The summed E-state index contributed by atoms with van der Waals surface area (Å²) in [5.41, 5.74) is 1.17. The lowest BCUT2D eigenvalue weighted by Crippen LogP contribution is -2.23. The van der Waals surface area contributed by atoms with Crippen molar-refractivity contribution < 1.29 is 22.4 Å². The van der Waals surface area contributed by atoms with Gasteiger partial charge in [0.05, 0.1) is 11.5 Å². The summed E-state index contributed by atoms with van der Waals surface area (Å²) in [6, 6.07) is 6.01. The van der Waals surface area contributed by atoms with Crippen molar-refractivity contribution in [1.29, 1.82) is 0 Å². The van der Waals surface area contributed by atoms with Crippen molar-refractivity contribution >= 4 is 21.0 Å². The van der Waals surface area contributed by atoms with E-state index < -0.39 is 21.0 Å². The van der Waals surface area contributed by atoms with Crippen molar-refractivity contribution in [2.24, 2.45) is 0 Å². The molecule has 1 aliphatic heterocycles. The average molecular weight is 471 g/mol. The van der Waals surface area contributed by atoms with Gasteiger partial charge in [-0.3, -0.25) is 0 Å². The molecule has 1 aromatic carbocycles. The fourth-order valence-electron chi connectivity index (χ4n) is 3.15. The van der Waals surface area contributed by atoms with E-state index in [2.05, 4.69) is 27.0 Å². The van der Waals surface area contributed by atoms with E-state index in [1.165, 1.54) is 49.8 Å². The van der Waals surface area contributed by atoms with Gasteiger partial charge in [0.15, 0.2) is 21.3 Å². The monoisotopic (exact) mass is 470 g/mol. The molecule has 0 aromatic heterocycles. The predicted octanol–water partition coefficient (Wildman–Crippen LogP) is 5.23. The highest BCUT2D eigenvalue weighted by Crippen LogP contribution is 2.33. The van der Waals surface area contributed by atoms with Crippen molar-refractivity contribution in [1.82, 2.24) is 0 Å². The largest absolute Gasteiger partial charge is 0.616 e. The van der Waals surface area contributed by atoms with Crippen LogP contribution in [-0.2, 0) is 27.4 Å². The second kappa shape index (κ2) is 15.4. The first kappa shape index (κ1) is 27.6. The summed E-state index contributed by atoms with van der Waals surface area (Å²) in [6.07, 6.45) is 11.1. The average Bonchev–Trinajstić information content (AvgIpc) is 3.18. The highest BCUT2D eigenvalue weighted by molar-refractivity contribution is 7.92. The van der Waals surface area contributed by atoms with Crippen molar-refractivity contribution in [3.05, 3.63) is 49.1 Å². The Bertz CT molecular complexity index is 745. The van der Waals surface area contributed by atoms with Crippen LogP contribution >= 0.6 is 0 Å². The number of fused-ring (bicyclic) bond motifs is 1. The summed E-state index contributed by atoms with van der Waals surface area (Å²) in [6.45, 7) is 11.2. The molecule has 0 fully saturated rings. The molecule has 1 aliphatic rings. The molecule has 0 aliphatic carbocycles. The van der Waals surface area contributed by atoms with Gasteiger partial charge in [0, 0.05) is 6.42 Å². The second-order valence-electron chi connectivity index (χ2n) is 7.71. The maximum atomic E-state index is 12.3. The van der Waals surface area contributed by atoms with Gasteiger partial charge in [-0.05, 0) is 37.5 Å². The fraction of sp³-hybridized carbons (Fsp3) is 0.583. The molecule has 0 amide bonds. The van der Waals surface area contributed by atoms with Crippen LogP contribution in [0, 0.1) is 0 Å². The first-order chi connectivity index (χ1) is 14.8. The van der Waals surface area contributed by atoms with Crippen molar-refractivity contribution in [2.45, 2.75) is 64.0 Å². The van der Waals surface area contributed by atoms with Gasteiger partial charge in [0.25, 0.3) is 0 Å². The zero-order valence-corrected chi connectivity index (χ0v) is 20.6. The maximum absolute atomic E-state index is 12.3. The van der Waals surface area contributed by atoms with Crippen LogP contribution in [0.15, 0.2) is 43.5 Å². The van der Waals surface area contributed by atoms with Crippen molar-refractivity contribution in [3.63, 3.8) is 0 Å². The van der Waals surface area contributed by atoms with Gasteiger partial charge in [-0.15, -0.1) is 13.2 Å². The number of benzene rings is 1. The summed E-state index contributed by atoms with van der Waals surface area (Å²) >= 11 is -0.743. The molecule has 0 radical (unpaired) electrons. The minimum Gasteiger partial charge on any atom is -0.616 e. The first-order valence-corrected chi connectivity index (χ1v) is 14.2. The number of hydrogen-bond acceptors (Lipinski definition) is 5. The smallest absolute Gasteiger partial charge is 0.231 e. The molecule has 7 heteroatoms. The van der Waals surface area contributed by atoms with E-state index in [0.717, 1.165) is 30.1 Å². The number of ether oxygens (including phenoxy) is 2. The van der Waals surface area contributed by atoms with Gasteiger partial charge in [-0.1, -0.05) is 62.0 Å². The Balaban J connectivity index is 0.000000452. The molecule has 2 rings (SSSR count). The molecular weight excluding hydrogens is 432 g/mol. The van der Waals surface area contributed by atoms with E-state index in [1.54, 1.807) is 0 Å². The van der Waals surface area contributed by atoms with Crippen LogP contribution in [0.4, 0.5) is 0 Å². The van der Waals surface area contributed by atoms with Crippen LogP contribution in [0.25, 0.3) is 0 Å². The quantitative estimate of drug-likeness (QED) is 0.211. The van der Waals surface area contributed by atoms with Crippen LogP contribution in [0.3, 0.4) is 0 Å². The molecule has 0 saturated heterocycles. The summed E-state index contributed by atoms with van der Waals surface area (Å²) in [7, 11) is -2.92. The van der Waals surface area contributed by atoms with Gasteiger partial charge in [-0.25, -0.2) is 8.42 Å². The minimum absolute atomic E-state index is 0.0407. The van der Waals surface area contributed by atoms with Crippen molar-refractivity contribution in [3.8, 4) is 11.5 Å². The molecular formula is C24H38O5S2. The lowest BCUT2D eigenvalue weighted by Gasteiger charge is -2.18. The molecule has 0 N–H and O–H groups in total. The van der Waals surface area contributed by atoms with Gasteiger partial charge in [0.1, 0.15) is 11.0 Å². The molecule has 176 valence electrons. The van der Waals surface area contributed by atoms with Gasteiger partial charge < -0.3 is 14.0 Å². The molecule has 0 saturated carbocycles. The number of unbranched alkanes of at least 4 members (excludes halogenated alkanes) is 5. The Morgan fingerprint density at radius 1 is 1.06 bits per heavy atom. The first-order valence-electron chi connectivity index (χ1n) is 11.0. The molecule has 31 heavy (non-hydrogen) atoms. The van der Waals surface area contributed by atoms with Gasteiger partial charge in [0.2, 0.25) is 6.79 Å². The molecule has 0 bridgehead atoms. The van der Waals surface area contributed by atoms with Crippen LogP contribution in [-0.4, -0.2) is 42.3 Å². The maximum Gasteiger partial charge on any atom is 0.231 e. The summed E-state index contributed by atoms with van der Waals surface area (Å²) in [5, 5.41) is 0.191. The zero-order chi connectivity index (χ0) is 23.1. The third-order valence-corrected chi connectivity index (χ3v) is 8.09. The van der Waals surface area contributed by atoms with Crippen LogP contribution in [0.1, 0.15) is 57.9 Å². The highest BCUT2D eigenvalue weighted by atomic mass is 32.2. The summed E-state index contributed by atoms with van der Waals surface area (Å²) in [5.74, 6) is 2.53. The van der Waals surface area contributed by atoms with E-state index in [0.29, 0.717) is 6.79 Å². The van der Waals surface area contributed by atoms with E-state index in [1.807, 2.05) is 18.2 Å². The third kappa shape index (κ3) is 11.7. The number of hydrogen-bond donors (Lipinski definition) is 0. The predicted molar refractivity (Wildman–Crippen MR) is 131 cm³/mol. The van der Waals surface area contributed by atoms with E-state index in [9.17, 15) is 13.0 Å². The Morgan fingerprint density at radius 3 is 2.32 bits per heavy atom. The normalized spacial score (nSPS) is 14.3. The standard InChI is InChI=1S/C18H28O3S.C6H10O2S/c1-3-4-5-6-7-8-11-22(19)15(2)12-16-9-10-17-18(13-16)21-14-20-17;1-3-5-9(7,8)6-4-2/h9-10,13,15H,3-8,11-12,14H2,1-2H3;3-4H,1-2,5-6H2. The molecule has 1 heterocycles. The lowest BCUT2D eigenvalue weighted by atomic mass is 10.1. The van der Waals surface area contributed by atoms with E-state index >= 15 is 0 Å². The Morgan fingerprint density at radius 2 is 1.68 bits per heavy atom. The Labute approximate surface area is 192 Å². The summed E-state index contributed by atoms with van der Waals surface area (Å²) < 4.78 is 44.4. The van der Waals surface area contributed by atoms with Crippen molar-refractivity contribution in [2.75, 3.05) is 24.1 Å². The summed E-state index contributed by atoms with van der Waals surface area (Å²) in [4.78, 5) is 0. The fourth-order valence-corrected chi connectivity index (χ4v) is 5.27. The van der Waals surface area contributed by atoms with Crippen LogP contribution < -0.4 is 9.47 Å². The zero-order valence-electron chi connectivity index (χ0n) is 19.0. The number of sulfone groups is 1. The van der Waals surface area contributed by atoms with E-state index in [4.69, 9.17) is 9.47 Å². The third-order valence-electron chi connectivity index (χ3n) is 4.85. The molecule has 2 unspecified atom stereocenters. The Kier molecular flexibility index (Phi) is 13.7. The molecule has 1 aromatic rings. The Hall–Kier alpha value is -1.44. The van der Waals surface area contributed by atoms with Gasteiger partial charge >= 0.3 is 0 Å². The van der Waals surface area contributed by atoms with Crippen LogP contribution in [0.5, 0.6) is 11.5 Å².